The highest BCUT2D eigenvalue weighted by atomic mass is 19.1. The summed E-state index contributed by atoms with van der Waals surface area (Å²) < 4.78 is 13.8. The first kappa shape index (κ1) is 25.7. The van der Waals surface area contributed by atoms with Crippen LogP contribution in [0.25, 0.3) is 0 Å². The van der Waals surface area contributed by atoms with Crippen LogP contribution in [0.3, 0.4) is 0 Å². The first-order valence-electron chi connectivity index (χ1n) is 14.1. The van der Waals surface area contributed by atoms with E-state index in [-0.39, 0.29) is 23.5 Å². The SMILES string of the molecule is Cc1ccc(F)cc1C[C@H](C)N=C1C=CCC(=O)C1=C1Cc2cc3c(cc2N1)CN(CCN1CCCC1)C3=O. The molecule has 3 aliphatic heterocycles. The van der Waals surface area contributed by atoms with Gasteiger partial charge in [-0.2, -0.15) is 0 Å². The summed E-state index contributed by atoms with van der Waals surface area (Å²) in [5.41, 5.74) is 7.92. The Morgan fingerprint density at radius 3 is 2.72 bits per heavy atom. The minimum Gasteiger partial charge on any atom is -0.358 e. The van der Waals surface area contributed by atoms with E-state index in [0.717, 1.165) is 65.4 Å². The molecule has 0 aromatic heterocycles. The highest BCUT2D eigenvalue weighted by molar-refractivity contribution is 6.29. The highest BCUT2D eigenvalue weighted by Gasteiger charge is 2.32. The second-order valence-corrected chi connectivity index (χ2v) is 11.3. The van der Waals surface area contributed by atoms with Gasteiger partial charge in [0.15, 0.2) is 5.78 Å². The maximum atomic E-state index is 13.8. The van der Waals surface area contributed by atoms with Gasteiger partial charge in [-0.3, -0.25) is 14.6 Å². The Labute approximate surface area is 229 Å². The van der Waals surface area contributed by atoms with E-state index in [0.29, 0.717) is 37.1 Å². The van der Waals surface area contributed by atoms with Crippen molar-refractivity contribution in [1.29, 1.82) is 0 Å². The predicted octanol–water partition coefficient (Wildman–Crippen LogP) is 5.01. The van der Waals surface area contributed by atoms with Crippen LogP contribution in [0.5, 0.6) is 0 Å². The van der Waals surface area contributed by atoms with Gasteiger partial charge in [0.2, 0.25) is 0 Å². The van der Waals surface area contributed by atoms with Crippen LogP contribution >= 0.6 is 0 Å². The van der Waals surface area contributed by atoms with E-state index in [1.807, 2.05) is 37.0 Å². The molecule has 4 aliphatic rings. The van der Waals surface area contributed by atoms with E-state index in [2.05, 4.69) is 16.3 Å². The van der Waals surface area contributed by atoms with Crippen LogP contribution in [0.2, 0.25) is 0 Å². The molecule has 0 saturated carbocycles. The zero-order chi connectivity index (χ0) is 27.1. The minimum atomic E-state index is -0.251. The Balaban J connectivity index is 1.21. The molecule has 1 N–H and O–H groups in total. The lowest BCUT2D eigenvalue weighted by molar-refractivity contribution is -0.114. The monoisotopic (exact) mass is 526 g/mol. The maximum Gasteiger partial charge on any atom is 0.254 e. The molecule has 2 aromatic carbocycles. The Hall–Kier alpha value is -3.58. The number of halogens is 1. The molecule has 1 atom stereocenters. The number of Topliss-reactive ketones (excluding diaryl/α,β-unsaturated/α-hetero) is 1. The van der Waals surface area contributed by atoms with Gasteiger partial charge in [-0.15, -0.1) is 0 Å². The molecule has 1 amide bonds. The fraction of sp³-hybridized carbons (Fsp3) is 0.406. The van der Waals surface area contributed by atoms with Gasteiger partial charge in [-0.25, -0.2) is 4.39 Å². The number of carbonyl (C=O) groups is 2. The topological polar surface area (TPSA) is 65.0 Å². The third kappa shape index (κ3) is 5.20. The number of aryl methyl sites for hydroxylation is 1. The molecule has 6 nitrogen and oxygen atoms in total. The van der Waals surface area contributed by atoms with E-state index in [1.54, 1.807) is 12.1 Å². The average molecular weight is 527 g/mol. The summed E-state index contributed by atoms with van der Waals surface area (Å²) >= 11 is 0. The molecule has 39 heavy (non-hydrogen) atoms. The number of rotatable bonds is 6. The number of ketones is 1. The van der Waals surface area contributed by atoms with Crippen LogP contribution in [0.15, 0.2) is 58.7 Å². The van der Waals surface area contributed by atoms with E-state index in [4.69, 9.17) is 4.99 Å². The quantitative estimate of drug-likeness (QED) is 0.538. The second-order valence-electron chi connectivity index (χ2n) is 11.3. The van der Waals surface area contributed by atoms with Crippen LogP contribution in [-0.4, -0.2) is 59.4 Å². The third-order valence-corrected chi connectivity index (χ3v) is 8.35. The molecule has 1 fully saturated rings. The minimum absolute atomic E-state index is 0.0393. The normalized spacial score (nSPS) is 22.5. The van der Waals surface area contributed by atoms with Crippen LogP contribution in [0.4, 0.5) is 10.1 Å². The molecule has 1 saturated heterocycles. The molecule has 0 bridgehead atoms. The lowest BCUT2D eigenvalue weighted by Gasteiger charge is -2.20. The van der Waals surface area contributed by atoms with E-state index < -0.39 is 0 Å². The molecule has 2 aromatic rings. The first-order valence-corrected chi connectivity index (χ1v) is 14.1. The van der Waals surface area contributed by atoms with Gasteiger partial charge in [-0.1, -0.05) is 12.1 Å². The highest BCUT2D eigenvalue weighted by Crippen LogP contribution is 2.36. The van der Waals surface area contributed by atoms with Crippen molar-refractivity contribution in [3.8, 4) is 0 Å². The molecule has 6 rings (SSSR count). The summed E-state index contributed by atoms with van der Waals surface area (Å²) in [5, 5.41) is 3.50. The van der Waals surface area contributed by atoms with Crippen LogP contribution in [-0.2, 0) is 24.2 Å². The van der Waals surface area contributed by atoms with Gasteiger partial charge in [0.25, 0.3) is 5.91 Å². The number of amides is 1. The second kappa shape index (κ2) is 10.5. The van der Waals surface area contributed by atoms with Gasteiger partial charge in [-0.05, 0) is 98.8 Å². The zero-order valence-electron chi connectivity index (χ0n) is 22.7. The van der Waals surface area contributed by atoms with E-state index in [1.165, 1.54) is 18.9 Å². The summed E-state index contributed by atoms with van der Waals surface area (Å²) in [6, 6.07) is 8.80. The fourth-order valence-corrected chi connectivity index (χ4v) is 6.22. The summed E-state index contributed by atoms with van der Waals surface area (Å²) in [6.07, 6.45) is 7.78. The number of nitrogens with zero attached hydrogens (tertiary/aromatic N) is 3. The van der Waals surface area contributed by atoms with Crippen LogP contribution < -0.4 is 5.32 Å². The fourth-order valence-electron chi connectivity index (χ4n) is 6.22. The van der Waals surface area contributed by atoms with Crippen molar-refractivity contribution in [2.75, 3.05) is 31.5 Å². The molecule has 3 heterocycles. The molecular weight excluding hydrogens is 491 g/mol. The molecule has 7 heteroatoms. The van der Waals surface area contributed by atoms with Crippen molar-refractivity contribution < 1.29 is 14.0 Å². The number of hydrogen-bond donors (Lipinski definition) is 1. The third-order valence-electron chi connectivity index (χ3n) is 8.35. The number of carbonyl (C=O) groups excluding carboxylic acids is 2. The number of likely N-dealkylation sites (tertiary alicyclic amines) is 1. The van der Waals surface area contributed by atoms with Gasteiger partial charge in [0, 0.05) is 49.4 Å². The summed E-state index contributed by atoms with van der Waals surface area (Å²) in [5.74, 6) is -0.107. The number of nitrogens with one attached hydrogen (secondary N) is 1. The van der Waals surface area contributed by atoms with Crippen molar-refractivity contribution in [3.05, 3.63) is 87.4 Å². The lowest BCUT2D eigenvalue weighted by atomic mass is 9.93. The number of anilines is 1. The van der Waals surface area contributed by atoms with Crippen LogP contribution in [0.1, 0.15) is 58.8 Å². The molecular formula is C32H35FN4O2. The number of benzene rings is 2. The van der Waals surface area contributed by atoms with E-state index >= 15 is 0 Å². The number of aliphatic imine (C=N–C) groups is 1. The Morgan fingerprint density at radius 1 is 1.08 bits per heavy atom. The van der Waals surface area contributed by atoms with Crippen molar-refractivity contribution in [1.82, 2.24) is 9.80 Å². The number of hydrogen-bond acceptors (Lipinski definition) is 5. The molecule has 0 spiro atoms. The van der Waals surface area contributed by atoms with Gasteiger partial charge >= 0.3 is 0 Å². The number of fused-ring (bicyclic) bond motifs is 2. The van der Waals surface area contributed by atoms with Crippen molar-refractivity contribution in [2.24, 2.45) is 4.99 Å². The summed E-state index contributed by atoms with van der Waals surface area (Å²) in [7, 11) is 0. The van der Waals surface area contributed by atoms with E-state index in [9.17, 15) is 14.0 Å². The predicted molar refractivity (Wildman–Crippen MR) is 152 cm³/mol. The lowest BCUT2D eigenvalue weighted by Crippen LogP contribution is -2.33. The molecule has 1 aliphatic carbocycles. The molecule has 202 valence electrons. The van der Waals surface area contributed by atoms with Crippen molar-refractivity contribution in [3.63, 3.8) is 0 Å². The standard InChI is InChI=1S/C32H35FN4O2/c1-20-8-9-25(33)15-22(20)14-21(2)34-27-6-5-7-30(38)31(27)29-17-23-16-26-24(18-28(23)35-29)19-37(32(26)39)13-12-36-10-3-4-11-36/h5-6,8-9,15-16,18,21,35H,3-4,7,10-14,17,19H2,1-2H3/t21-/m0/s1. The first-order chi connectivity index (χ1) is 18.9. The summed E-state index contributed by atoms with van der Waals surface area (Å²) in [6.45, 7) is 8.56. The maximum absolute atomic E-state index is 13.8. The largest absolute Gasteiger partial charge is 0.358 e. The van der Waals surface area contributed by atoms with Crippen molar-refractivity contribution in [2.45, 2.75) is 58.5 Å². The Bertz CT molecular complexity index is 1430. The van der Waals surface area contributed by atoms with Gasteiger partial charge in [0.1, 0.15) is 5.82 Å². The Morgan fingerprint density at radius 2 is 1.90 bits per heavy atom. The summed E-state index contributed by atoms with van der Waals surface area (Å²) in [4.78, 5) is 35.6. The van der Waals surface area contributed by atoms with Gasteiger partial charge in [0.05, 0.1) is 17.3 Å². The van der Waals surface area contributed by atoms with Gasteiger partial charge < -0.3 is 15.1 Å². The average Bonchev–Trinajstić information content (AvgIpc) is 3.63. The molecule has 0 unspecified atom stereocenters. The van der Waals surface area contributed by atoms with Crippen LogP contribution in [0, 0.1) is 12.7 Å². The number of allylic oxidation sites excluding steroid dienone is 4. The molecule has 0 radical (unpaired) electrons. The van der Waals surface area contributed by atoms with Crippen molar-refractivity contribution >= 4 is 23.1 Å². The smallest absolute Gasteiger partial charge is 0.254 e. The Kier molecular flexibility index (Phi) is 6.94. The zero-order valence-corrected chi connectivity index (χ0v) is 22.7.